The van der Waals surface area contributed by atoms with Crippen molar-refractivity contribution in [3.05, 3.63) is 133 Å². The Labute approximate surface area is 227 Å². The number of alkyl halides is 3. The average molecular weight is 554 g/mol. The van der Waals surface area contributed by atoms with Crippen molar-refractivity contribution < 1.29 is 31.8 Å². The smallest absolute Gasteiger partial charge is 0.416 e. The average Bonchev–Trinajstić information content (AvgIpc) is 2.93. The molecule has 0 N–H and O–H groups in total. The highest BCUT2D eigenvalue weighted by atomic mass is 32.2. The zero-order valence-corrected chi connectivity index (χ0v) is 21.8. The summed E-state index contributed by atoms with van der Waals surface area (Å²) in [6, 6.07) is 28.3. The van der Waals surface area contributed by atoms with Gasteiger partial charge in [0.2, 0.25) is 0 Å². The number of benzene rings is 4. The summed E-state index contributed by atoms with van der Waals surface area (Å²) in [6.45, 7) is 4.52. The summed E-state index contributed by atoms with van der Waals surface area (Å²) < 4.78 is 64.6. The number of rotatable bonds is 9. The fourth-order valence-corrected chi connectivity index (χ4v) is 5.96. The van der Waals surface area contributed by atoms with Crippen LogP contribution in [0.2, 0.25) is 0 Å². The molecule has 3 nitrogen and oxygen atoms in total. The van der Waals surface area contributed by atoms with E-state index in [0.29, 0.717) is 5.56 Å². The van der Waals surface area contributed by atoms with Gasteiger partial charge in [-0.15, -0.1) is 0 Å². The van der Waals surface area contributed by atoms with Gasteiger partial charge >= 0.3 is 12.1 Å². The molecule has 0 bridgehead atoms. The zero-order chi connectivity index (χ0) is 28.0. The maximum absolute atomic E-state index is 15.1. The minimum absolute atomic E-state index is 0.129. The summed E-state index contributed by atoms with van der Waals surface area (Å²) in [4.78, 5) is 15.3. The van der Waals surface area contributed by atoms with Gasteiger partial charge in [0.15, 0.2) is 38.5 Å². The van der Waals surface area contributed by atoms with E-state index >= 15 is 4.39 Å². The molecule has 0 saturated carbocycles. The van der Waals surface area contributed by atoms with E-state index in [9.17, 15) is 18.0 Å². The Morgan fingerprint density at radius 2 is 1.36 bits per heavy atom. The molecule has 0 aliphatic rings. The lowest BCUT2D eigenvalue weighted by atomic mass is 9.95. The van der Waals surface area contributed by atoms with Gasteiger partial charge in [0, 0.05) is 6.07 Å². The molecule has 39 heavy (non-hydrogen) atoms. The molecular weight excluding hydrogens is 528 g/mol. The molecule has 4 aromatic carbocycles. The van der Waals surface area contributed by atoms with Crippen molar-refractivity contribution >= 4 is 16.9 Å². The number of hydrogen-bond acceptors (Lipinski definition) is 3. The first-order chi connectivity index (χ1) is 18.6. The first kappa shape index (κ1) is 28.0. The van der Waals surface area contributed by atoms with Crippen molar-refractivity contribution in [3.63, 3.8) is 0 Å². The normalized spacial score (nSPS) is 13.0. The SMILES string of the molecule is C=CC(C)(OC(=O)COc1ccc([S+](c2ccccc2)c2ccccc2)cc1F)c1ccc(C(F)(F)F)cc1. The first-order valence-electron chi connectivity index (χ1n) is 11.9. The number of halogens is 4. The minimum Gasteiger partial charge on any atom is -0.479 e. The Morgan fingerprint density at radius 1 is 0.821 bits per heavy atom. The van der Waals surface area contributed by atoms with Gasteiger partial charge in [0.1, 0.15) is 0 Å². The lowest BCUT2D eigenvalue weighted by molar-refractivity contribution is -0.157. The Balaban J connectivity index is 1.47. The molecule has 0 aliphatic heterocycles. The molecule has 200 valence electrons. The largest absolute Gasteiger partial charge is 0.479 e. The zero-order valence-electron chi connectivity index (χ0n) is 21.0. The summed E-state index contributed by atoms with van der Waals surface area (Å²) in [5.74, 6) is -1.61. The number of carbonyl (C=O) groups is 1. The minimum atomic E-state index is -4.49. The van der Waals surface area contributed by atoms with Gasteiger partial charge in [0.25, 0.3) is 0 Å². The van der Waals surface area contributed by atoms with Crippen LogP contribution in [0.1, 0.15) is 18.1 Å². The molecule has 8 heteroatoms. The highest BCUT2D eigenvalue weighted by Crippen LogP contribution is 2.34. The van der Waals surface area contributed by atoms with Crippen LogP contribution in [0, 0.1) is 5.82 Å². The molecule has 0 aliphatic carbocycles. The van der Waals surface area contributed by atoms with Crippen LogP contribution >= 0.6 is 0 Å². The van der Waals surface area contributed by atoms with Crippen LogP contribution in [0.15, 0.2) is 130 Å². The summed E-state index contributed by atoms with van der Waals surface area (Å²) in [6.07, 6.45) is -3.19. The van der Waals surface area contributed by atoms with E-state index in [1.54, 1.807) is 6.07 Å². The molecule has 0 heterocycles. The van der Waals surface area contributed by atoms with Gasteiger partial charge in [-0.2, -0.15) is 13.2 Å². The number of carbonyl (C=O) groups excluding carboxylic acids is 1. The highest BCUT2D eigenvalue weighted by Gasteiger charge is 2.33. The van der Waals surface area contributed by atoms with Crippen molar-refractivity contribution in [2.45, 2.75) is 33.4 Å². The lowest BCUT2D eigenvalue weighted by Crippen LogP contribution is -2.29. The standard InChI is InChI=1S/C31H25F4O3S/c1-3-30(2,22-14-16-23(17-15-22)31(33,34)35)38-29(36)21-37-28-19-18-26(20-27(28)32)39(24-10-6-4-7-11-24)25-12-8-5-9-13-25/h3-20H,1,21H2,2H3/q+1. The van der Waals surface area contributed by atoms with Gasteiger partial charge < -0.3 is 9.47 Å². The number of ether oxygens (including phenoxy) is 2. The third-order valence-corrected chi connectivity index (χ3v) is 8.16. The molecule has 0 aromatic heterocycles. The summed E-state index contributed by atoms with van der Waals surface area (Å²) in [5, 5.41) is 0. The van der Waals surface area contributed by atoms with E-state index in [-0.39, 0.29) is 5.75 Å². The second-order valence-electron chi connectivity index (χ2n) is 8.67. The Kier molecular flexibility index (Phi) is 8.45. The van der Waals surface area contributed by atoms with Crippen molar-refractivity contribution in [2.75, 3.05) is 6.61 Å². The predicted octanol–water partition coefficient (Wildman–Crippen LogP) is 7.96. The maximum atomic E-state index is 15.1. The molecule has 0 fully saturated rings. The molecule has 1 unspecified atom stereocenters. The summed E-state index contributed by atoms with van der Waals surface area (Å²) >= 11 is 0. The van der Waals surface area contributed by atoms with Crippen molar-refractivity contribution in [3.8, 4) is 5.75 Å². The molecule has 0 spiro atoms. The van der Waals surface area contributed by atoms with Crippen LogP contribution in [0.4, 0.5) is 17.6 Å². The Hall–Kier alpha value is -4.04. The second-order valence-corrected chi connectivity index (χ2v) is 10.7. The molecule has 1 atom stereocenters. The van der Waals surface area contributed by atoms with Crippen LogP contribution in [-0.4, -0.2) is 12.6 Å². The van der Waals surface area contributed by atoms with Crippen LogP contribution < -0.4 is 4.74 Å². The van der Waals surface area contributed by atoms with Gasteiger partial charge in [-0.3, -0.25) is 0 Å². The van der Waals surface area contributed by atoms with Crippen molar-refractivity contribution in [1.82, 2.24) is 0 Å². The van der Waals surface area contributed by atoms with E-state index in [2.05, 4.69) is 6.58 Å². The molecule has 0 saturated heterocycles. The third-order valence-electron chi connectivity index (χ3n) is 5.94. The van der Waals surface area contributed by atoms with Crippen LogP contribution in [0.3, 0.4) is 0 Å². The van der Waals surface area contributed by atoms with E-state index in [1.807, 2.05) is 60.7 Å². The van der Waals surface area contributed by atoms with Gasteiger partial charge in [-0.25, -0.2) is 9.18 Å². The van der Waals surface area contributed by atoms with Crippen LogP contribution in [0.25, 0.3) is 0 Å². The van der Waals surface area contributed by atoms with E-state index in [4.69, 9.17) is 9.47 Å². The topological polar surface area (TPSA) is 35.5 Å². The molecule has 0 radical (unpaired) electrons. The van der Waals surface area contributed by atoms with E-state index in [0.717, 1.165) is 26.8 Å². The number of esters is 1. The van der Waals surface area contributed by atoms with E-state index < -0.39 is 46.6 Å². The van der Waals surface area contributed by atoms with Gasteiger partial charge in [-0.1, -0.05) is 55.1 Å². The fraction of sp³-hybridized carbons (Fsp3) is 0.129. The highest BCUT2D eigenvalue weighted by molar-refractivity contribution is 7.97. The predicted molar refractivity (Wildman–Crippen MR) is 142 cm³/mol. The van der Waals surface area contributed by atoms with Gasteiger partial charge in [0.05, 0.1) is 16.5 Å². The maximum Gasteiger partial charge on any atom is 0.416 e. The molecule has 0 amide bonds. The third kappa shape index (κ3) is 6.70. The quantitative estimate of drug-likeness (QED) is 0.0913. The molecule has 4 aromatic rings. The van der Waals surface area contributed by atoms with Crippen LogP contribution in [0.5, 0.6) is 5.75 Å². The second kappa shape index (κ2) is 11.8. The van der Waals surface area contributed by atoms with E-state index in [1.165, 1.54) is 37.3 Å². The molecule has 4 rings (SSSR count). The Bertz CT molecular complexity index is 1380. The fourth-order valence-electron chi connectivity index (χ4n) is 3.86. The first-order valence-corrected chi connectivity index (χ1v) is 13.1. The van der Waals surface area contributed by atoms with Crippen molar-refractivity contribution in [1.29, 1.82) is 0 Å². The Morgan fingerprint density at radius 3 is 1.85 bits per heavy atom. The summed E-state index contributed by atoms with van der Waals surface area (Å²) in [7, 11) is -0.558. The monoisotopic (exact) mass is 553 g/mol. The van der Waals surface area contributed by atoms with Crippen LogP contribution in [-0.2, 0) is 32.2 Å². The van der Waals surface area contributed by atoms with Crippen molar-refractivity contribution in [2.24, 2.45) is 0 Å². The molecular formula is C31H25F4O3S+. The number of hydrogen-bond donors (Lipinski definition) is 0. The van der Waals surface area contributed by atoms with Gasteiger partial charge in [-0.05, 0) is 67.1 Å². The lowest BCUT2D eigenvalue weighted by Gasteiger charge is -2.27. The summed E-state index contributed by atoms with van der Waals surface area (Å²) in [5.41, 5.74) is -1.94.